The van der Waals surface area contributed by atoms with E-state index < -0.39 is 41.4 Å². The molecule has 2 amide bonds. The number of halogens is 4. The molecule has 2 N–H and O–H groups in total. The molecule has 2 aromatic rings. The van der Waals surface area contributed by atoms with Crippen molar-refractivity contribution in [3.8, 4) is 5.75 Å². The van der Waals surface area contributed by atoms with Crippen molar-refractivity contribution in [1.82, 2.24) is 10.0 Å². The minimum atomic E-state index is -4.93. The van der Waals surface area contributed by atoms with Gasteiger partial charge >= 0.3 is 12.3 Å². The number of nitrogens with zero attached hydrogens (tertiary/aromatic N) is 2. The Hall–Kier alpha value is -3.47. The Labute approximate surface area is 218 Å². The van der Waals surface area contributed by atoms with E-state index in [0.29, 0.717) is 0 Å². The predicted octanol–water partition coefficient (Wildman–Crippen LogP) is 5.56. The van der Waals surface area contributed by atoms with E-state index in [9.17, 15) is 27.6 Å². The van der Waals surface area contributed by atoms with E-state index in [2.05, 4.69) is 9.47 Å². The number of carbonyl (C=O) groups excluding carboxylic acids is 3. The molecule has 0 saturated heterocycles. The van der Waals surface area contributed by atoms with Crippen molar-refractivity contribution < 1.29 is 37.0 Å². The lowest BCUT2D eigenvalue weighted by Crippen LogP contribution is -2.57. The number of benzene rings is 2. The van der Waals surface area contributed by atoms with Crippen LogP contribution in [0, 0.1) is 5.41 Å². The minimum absolute atomic E-state index is 0.00537. The van der Waals surface area contributed by atoms with Gasteiger partial charge in [0.1, 0.15) is 5.75 Å². The molecule has 0 aliphatic rings. The molecule has 8 nitrogen and oxygen atoms in total. The molecule has 2 rings (SSSR count). The Morgan fingerprint density at radius 1 is 1.03 bits per heavy atom. The summed E-state index contributed by atoms with van der Waals surface area (Å²) in [5, 5.41) is 2.10. The number of alkyl halides is 3. The summed E-state index contributed by atoms with van der Waals surface area (Å²) in [5.41, 5.74) is 5.62. The van der Waals surface area contributed by atoms with Gasteiger partial charge < -0.3 is 15.2 Å². The molecule has 0 aliphatic carbocycles. The topological polar surface area (TPSA) is 102 Å². The summed E-state index contributed by atoms with van der Waals surface area (Å²) >= 11 is 6.15. The molecule has 37 heavy (non-hydrogen) atoms. The number of rotatable bonds is 6. The van der Waals surface area contributed by atoms with Crippen LogP contribution in [0.2, 0.25) is 5.02 Å². The second-order valence-corrected chi connectivity index (χ2v) is 9.60. The van der Waals surface area contributed by atoms with Crippen LogP contribution >= 0.6 is 11.6 Å². The van der Waals surface area contributed by atoms with Crippen molar-refractivity contribution in [1.29, 1.82) is 0 Å². The number of nitrogens with two attached hydrogens (primary N) is 1. The number of amides is 2. The standard InChI is InChI=1S/C25H29ClF3N3O5/c1-7-31(21(33)17-11-9-16(13-19(17)26)37-25(27,28)29)32(14(2)24(3,4)5)22(34)18-10-8-15(12-20(18)30)23(35)36-6/h8-14H,7,30H2,1-6H3. The largest absolute Gasteiger partial charge is 0.573 e. The summed E-state index contributed by atoms with van der Waals surface area (Å²) in [6.07, 6.45) is -4.93. The summed E-state index contributed by atoms with van der Waals surface area (Å²) in [6.45, 7) is 9.01. The summed E-state index contributed by atoms with van der Waals surface area (Å²) in [6, 6.07) is 6.41. The minimum Gasteiger partial charge on any atom is -0.465 e. The summed E-state index contributed by atoms with van der Waals surface area (Å²) in [7, 11) is 1.21. The van der Waals surface area contributed by atoms with Crippen LogP contribution in [0.3, 0.4) is 0 Å². The van der Waals surface area contributed by atoms with Crippen molar-refractivity contribution >= 4 is 35.1 Å². The third-order valence-electron chi connectivity index (χ3n) is 5.73. The second-order valence-electron chi connectivity index (χ2n) is 9.20. The van der Waals surface area contributed by atoms with Gasteiger partial charge in [-0.15, -0.1) is 13.2 Å². The van der Waals surface area contributed by atoms with Crippen molar-refractivity contribution in [2.24, 2.45) is 5.41 Å². The van der Waals surface area contributed by atoms with Crippen molar-refractivity contribution in [3.05, 3.63) is 58.1 Å². The highest BCUT2D eigenvalue weighted by molar-refractivity contribution is 6.34. The summed E-state index contributed by atoms with van der Waals surface area (Å²) in [4.78, 5) is 39.2. The SMILES string of the molecule is CCN(C(=O)c1ccc(OC(F)(F)F)cc1Cl)N(C(=O)c1ccc(C(=O)OC)cc1N)C(C)C(C)(C)C. The van der Waals surface area contributed by atoms with E-state index in [-0.39, 0.29) is 33.9 Å². The highest BCUT2D eigenvalue weighted by atomic mass is 35.5. The number of methoxy groups -OCH3 is 1. The lowest BCUT2D eigenvalue weighted by Gasteiger charge is -2.44. The zero-order valence-electron chi connectivity index (χ0n) is 21.3. The first-order valence-electron chi connectivity index (χ1n) is 11.2. The Bertz CT molecular complexity index is 1180. The molecule has 202 valence electrons. The number of hydrogen-bond acceptors (Lipinski definition) is 6. The number of hydrogen-bond donors (Lipinski definition) is 1. The average molecular weight is 544 g/mol. The molecule has 2 aromatic carbocycles. The van der Waals surface area contributed by atoms with Crippen molar-refractivity contribution in [2.45, 2.75) is 47.0 Å². The van der Waals surface area contributed by atoms with Crippen LogP contribution in [0.15, 0.2) is 36.4 Å². The van der Waals surface area contributed by atoms with Gasteiger partial charge in [-0.3, -0.25) is 9.59 Å². The fourth-order valence-electron chi connectivity index (χ4n) is 3.39. The lowest BCUT2D eigenvalue weighted by molar-refractivity contribution is -0.274. The van der Waals surface area contributed by atoms with Crippen LogP contribution < -0.4 is 10.5 Å². The van der Waals surface area contributed by atoms with E-state index in [1.54, 1.807) is 13.8 Å². The Morgan fingerprint density at radius 2 is 1.62 bits per heavy atom. The van der Waals surface area contributed by atoms with Crippen LogP contribution in [0.25, 0.3) is 0 Å². The van der Waals surface area contributed by atoms with Gasteiger partial charge in [-0.25, -0.2) is 14.8 Å². The quantitative estimate of drug-likeness (QED) is 0.291. The Kier molecular flexibility index (Phi) is 9.08. The zero-order chi connectivity index (χ0) is 28.3. The molecule has 1 unspecified atom stereocenters. The molecular weight excluding hydrogens is 515 g/mol. The molecule has 0 heterocycles. The van der Waals surface area contributed by atoms with Gasteiger partial charge in [0, 0.05) is 12.2 Å². The van der Waals surface area contributed by atoms with E-state index >= 15 is 0 Å². The molecule has 0 spiro atoms. The number of anilines is 1. The third kappa shape index (κ3) is 7.06. The van der Waals surface area contributed by atoms with Gasteiger partial charge in [0.25, 0.3) is 11.8 Å². The maximum absolute atomic E-state index is 13.8. The molecule has 12 heteroatoms. The van der Waals surface area contributed by atoms with Gasteiger partial charge in [0.2, 0.25) is 0 Å². The first-order chi connectivity index (χ1) is 17.0. The predicted molar refractivity (Wildman–Crippen MR) is 132 cm³/mol. The maximum Gasteiger partial charge on any atom is 0.573 e. The van der Waals surface area contributed by atoms with Crippen LogP contribution in [-0.4, -0.2) is 53.9 Å². The third-order valence-corrected chi connectivity index (χ3v) is 6.04. The number of hydrazine groups is 1. The fourth-order valence-corrected chi connectivity index (χ4v) is 3.64. The van der Waals surface area contributed by atoms with Crippen molar-refractivity contribution in [2.75, 3.05) is 19.4 Å². The van der Waals surface area contributed by atoms with E-state index in [4.69, 9.17) is 17.3 Å². The van der Waals surface area contributed by atoms with Gasteiger partial charge in [-0.1, -0.05) is 32.4 Å². The van der Waals surface area contributed by atoms with Gasteiger partial charge in [-0.2, -0.15) is 0 Å². The number of ether oxygens (including phenoxy) is 2. The number of esters is 1. The Balaban J connectivity index is 2.55. The van der Waals surface area contributed by atoms with E-state index in [1.807, 2.05) is 20.8 Å². The number of carbonyl (C=O) groups is 3. The number of nitrogen functional groups attached to an aromatic ring is 1. The Morgan fingerprint density at radius 3 is 2.08 bits per heavy atom. The van der Waals surface area contributed by atoms with E-state index in [1.165, 1.54) is 30.3 Å². The van der Waals surface area contributed by atoms with Crippen LogP contribution in [0.4, 0.5) is 18.9 Å². The normalized spacial score (nSPS) is 12.5. The molecule has 0 radical (unpaired) electrons. The molecule has 0 aromatic heterocycles. The highest BCUT2D eigenvalue weighted by Crippen LogP contribution is 2.32. The van der Waals surface area contributed by atoms with Crippen LogP contribution in [0.5, 0.6) is 5.75 Å². The molecule has 0 saturated carbocycles. The lowest BCUT2D eigenvalue weighted by atomic mass is 9.87. The first-order valence-corrected chi connectivity index (χ1v) is 11.6. The molecular formula is C25H29ClF3N3O5. The monoisotopic (exact) mass is 543 g/mol. The summed E-state index contributed by atoms with van der Waals surface area (Å²) in [5.74, 6) is -2.57. The van der Waals surface area contributed by atoms with Gasteiger partial charge in [0.05, 0.1) is 34.9 Å². The molecule has 0 fully saturated rings. The van der Waals surface area contributed by atoms with Crippen molar-refractivity contribution in [3.63, 3.8) is 0 Å². The first kappa shape index (κ1) is 29.8. The molecule has 1 atom stereocenters. The molecule has 0 aliphatic heterocycles. The van der Waals surface area contributed by atoms with Gasteiger partial charge in [-0.05, 0) is 55.7 Å². The smallest absolute Gasteiger partial charge is 0.465 e. The van der Waals surface area contributed by atoms with Crippen LogP contribution in [-0.2, 0) is 4.74 Å². The maximum atomic E-state index is 13.8. The zero-order valence-corrected chi connectivity index (χ0v) is 22.0. The average Bonchev–Trinajstić information content (AvgIpc) is 2.79. The highest BCUT2D eigenvalue weighted by Gasteiger charge is 2.38. The van der Waals surface area contributed by atoms with Gasteiger partial charge in [0.15, 0.2) is 0 Å². The van der Waals surface area contributed by atoms with E-state index in [0.717, 1.165) is 23.2 Å². The van der Waals surface area contributed by atoms with Crippen LogP contribution in [0.1, 0.15) is 65.7 Å². The summed E-state index contributed by atoms with van der Waals surface area (Å²) < 4.78 is 46.3. The second kappa shape index (κ2) is 11.3. The fraction of sp³-hybridized carbons (Fsp3) is 0.400. The molecule has 0 bridgehead atoms.